The first-order valence-corrected chi connectivity index (χ1v) is 6.91. The van der Waals surface area contributed by atoms with Gasteiger partial charge in [-0.15, -0.1) is 0 Å². The zero-order chi connectivity index (χ0) is 12.8. The molecule has 1 saturated heterocycles. The van der Waals surface area contributed by atoms with Crippen LogP contribution >= 0.6 is 0 Å². The highest BCUT2D eigenvalue weighted by molar-refractivity contribution is 5.19. The third kappa shape index (κ3) is 4.09. The topological polar surface area (TPSA) is 18.5 Å². The molecule has 100 valence electrons. The van der Waals surface area contributed by atoms with E-state index in [9.17, 15) is 0 Å². The molecule has 1 aliphatic heterocycles. The molecule has 18 heavy (non-hydrogen) atoms. The summed E-state index contributed by atoms with van der Waals surface area (Å²) >= 11 is 0. The lowest BCUT2D eigenvalue weighted by Gasteiger charge is -2.25. The number of rotatable bonds is 4. The van der Waals surface area contributed by atoms with Gasteiger partial charge in [0, 0.05) is 25.7 Å². The quantitative estimate of drug-likeness (QED) is 0.871. The minimum atomic E-state index is 0.482. The van der Waals surface area contributed by atoms with Crippen molar-refractivity contribution in [1.29, 1.82) is 0 Å². The molecule has 1 fully saturated rings. The normalized spacial score (nSPS) is 22.1. The summed E-state index contributed by atoms with van der Waals surface area (Å²) in [6, 6.07) is 11.3. The van der Waals surface area contributed by atoms with Crippen molar-refractivity contribution in [1.82, 2.24) is 15.1 Å². The summed E-state index contributed by atoms with van der Waals surface area (Å²) in [5.74, 6) is 0. The van der Waals surface area contributed by atoms with Gasteiger partial charge in [0.2, 0.25) is 0 Å². The van der Waals surface area contributed by atoms with Gasteiger partial charge in [0.1, 0.15) is 0 Å². The third-order valence-electron chi connectivity index (χ3n) is 3.55. The maximum Gasteiger partial charge on any atom is 0.0449 e. The highest BCUT2D eigenvalue weighted by Gasteiger charge is 2.18. The predicted octanol–water partition coefficient (Wildman–Crippen LogP) is 1.58. The Morgan fingerprint density at radius 3 is 2.78 bits per heavy atom. The van der Waals surface area contributed by atoms with Crippen molar-refractivity contribution in [2.24, 2.45) is 0 Å². The van der Waals surface area contributed by atoms with E-state index in [2.05, 4.69) is 59.5 Å². The molecule has 1 N–H and O–H groups in total. The molecule has 0 saturated carbocycles. The standard InChI is InChI=1S/C15H25N3/c1-17(2)11-12-18-10-6-9-16-15(13-18)14-7-4-3-5-8-14/h3-5,7-8,15-16H,6,9-13H2,1-2H3. The second-order valence-corrected chi connectivity index (χ2v) is 5.37. The summed E-state index contributed by atoms with van der Waals surface area (Å²) in [7, 11) is 4.29. The minimum absolute atomic E-state index is 0.482. The summed E-state index contributed by atoms with van der Waals surface area (Å²) in [6.45, 7) is 5.76. The average molecular weight is 247 g/mol. The van der Waals surface area contributed by atoms with Crippen LogP contribution in [0.4, 0.5) is 0 Å². The van der Waals surface area contributed by atoms with E-state index in [4.69, 9.17) is 0 Å². The van der Waals surface area contributed by atoms with Crippen molar-refractivity contribution in [2.75, 3.05) is 46.8 Å². The fraction of sp³-hybridized carbons (Fsp3) is 0.600. The van der Waals surface area contributed by atoms with Gasteiger partial charge in [0.15, 0.2) is 0 Å². The Morgan fingerprint density at radius 1 is 1.28 bits per heavy atom. The second-order valence-electron chi connectivity index (χ2n) is 5.37. The fourth-order valence-electron chi connectivity index (χ4n) is 2.45. The summed E-state index contributed by atoms with van der Waals surface area (Å²) in [5.41, 5.74) is 1.41. The highest BCUT2D eigenvalue weighted by Crippen LogP contribution is 2.16. The van der Waals surface area contributed by atoms with Crippen LogP contribution in [0.3, 0.4) is 0 Å². The van der Waals surface area contributed by atoms with Gasteiger partial charge in [-0.05, 0) is 39.2 Å². The van der Waals surface area contributed by atoms with E-state index in [1.54, 1.807) is 0 Å². The van der Waals surface area contributed by atoms with Gasteiger partial charge in [-0.2, -0.15) is 0 Å². The summed E-state index contributed by atoms with van der Waals surface area (Å²) in [5, 5.41) is 3.66. The Balaban J connectivity index is 1.95. The third-order valence-corrected chi connectivity index (χ3v) is 3.55. The molecular weight excluding hydrogens is 222 g/mol. The molecule has 0 spiro atoms. The van der Waals surface area contributed by atoms with Gasteiger partial charge in [-0.25, -0.2) is 0 Å². The number of likely N-dealkylation sites (N-methyl/N-ethyl adjacent to an activating group) is 1. The van der Waals surface area contributed by atoms with Crippen LogP contribution in [0.15, 0.2) is 30.3 Å². The molecule has 1 aliphatic rings. The molecule has 1 aromatic rings. The predicted molar refractivity (Wildman–Crippen MR) is 76.8 cm³/mol. The maximum absolute atomic E-state index is 3.66. The molecule has 0 bridgehead atoms. The van der Waals surface area contributed by atoms with Gasteiger partial charge < -0.3 is 15.1 Å². The maximum atomic E-state index is 3.66. The Hall–Kier alpha value is -0.900. The first-order chi connectivity index (χ1) is 8.75. The van der Waals surface area contributed by atoms with E-state index in [1.165, 1.54) is 18.5 Å². The second kappa shape index (κ2) is 6.88. The molecule has 1 atom stereocenters. The molecule has 1 heterocycles. The monoisotopic (exact) mass is 247 g/mol. The number of hydrogen-bond acceptors (Lipinski definition) is 3. The Bertz CT molecular complexity index is 337. The van der Waals surface area contributed by atoms with E-state index >= 15 is 0 Å². The van der Waals surface area contributed by atoms with Gasteiger partial charge in [-0.1, -0.05) is 30.3 Å². The van der Waals surface area contributed by atoms with Crippen LogP contribution in [-0.4, -0.2) is 56.6 Å². The summed E-state index contributed by atoms with van der Waals surface area (Å²) in [6.07, 6.45) is 1.25. The zero-order valence-electron chi connectivity index (χ0n) is 11.6. The highest BCUT2D eigenvalue weighted by atomic mass is 15.2. The number of nitrogens with zero attached hydrogens (tertiary/aromatic N) is 2. The van der Waals surface area contributed by atoms with Crippen LogP contribution < -0.4 is 5.32 Å². The van der Waals surface area contributed by atoms with Crippen molar-refractivity contribution in [2.45, 2.75) is 12.5 Å². The van der Waals surface area contributed by atoms with E-state index in [-0.39, 0.29) is 0 Å². The van der Waals surface area contributed by atoms with Crippen LogP contribution in [0.1, 0.15) is 18.0 Å². The van der Waals surface area contributed by atoms with Gasteiger partial charge >= 0.3 is 0 Å². The molecule has 3 heteroatoms. The molecule has 0 radical (unpaired) electrons. The smallest absolute Gasteiger partial charge is 0.0449 e. The van der Waals surface area contributed by atoms with Crippen LogP contribution in [0.5, 0.6) is 0 Å². The minimum Gasteiger partial charge on any atom is -0.309 e. The number of benzene rings is 1. The summed E-state index contributed by atoms with van der Waals surface area (Å²) < 4.78 is 0. The van der Waals surface area contributed by atoms with Crippen molar-refractivity contribution in [3.05, 3.63) is 35.9 Å². The van der Waals surface area contributed by atoms with Gasteiger partial charge in [0.05, 0.1) is 0 Å². The van der Waals surface area contributed by atoms with Crippen LogP contribution in [-0.2, 0) is 0 Å². The number of hydrogen-bond donors (Lipinski definition) is 1. The molecule has 2 rings (SSSR count). The van der Waals surface area contributed by atoms with Crippen LogP contribution in [0.25, 0.3) is 0 Å². The van der Waals surface area contributed by atoms with Crippen molar-refractivity contribution in [3.63, 3.8) is 0 Å². The van der Waals surface area contributed by atoms with Crippen molar-refractivity contribution in [3.8, 4) is 0 Å². The van der Waals surface area contributed by atoms with Crippen LogP contribution in [0, 0.1) is 0 Å². The molecular formula is C15H25N3. The Kier molecular flexibility index (Phi) is 5.17. The largest absolute Gasteiger partial charge is 0.309 e. The molecule has 3 nitrogen and oxygen atoms in total. The van der Waals surface area contributed by atoms with E-state index in [0.717, 1.165) is 26.2 Å². The van der Waals surface area contributed by atoms with E-state index in [1.807, 2.05) is 0 Å². The Labute approximate surface area is 111 Å². The molecule has 1 unspecified atom stereocenters. The molecule has 1 aromatic carbocycles. The lowest BCUT2D eigenvalue weighted by molar-refractivity contribution is 0.237. The average Bonchev–Trinajstić information content (AvgIpc) is 2.63. The number of nitrogens with one attached hydrogen (secondary N) is 1. The lowest BCUT2D eigenvalue weighted by Crippen LogP contribution is -2.35. The van der Waals surface area contributed by atoms with Crippen LogP contribution in [0.2, 0.25) is 0 Å². The summed E-state index contributed by atoms with van der Waals surface area (Å²) in [4.78, 5) is 4.84. The first-order valence-electron chi connectivity index (χ1n) is 6.91. The molecule has 0 amide bonds. The SMILES string of the molecule is CN(C)CCN1CCCNC(c2ccccc2)C1. The van der Waals surface area contributed by atoms with Gasteiger partial charge in [0.25, 0.3) is 0 Å². The zero-order valence-corrected chi connectivity index (χ0v) is 11.6. The first kappa shape index (κ1) is 13.5. The van der Waals surface area contributed by atoms with Gasteiger partial charge in [-0.3, -0.25) is 0 Å². The van der Waals surface area contributed by atoms with Crippen molar-refractivity contribution < 1.29 is 0 Å². The van der Waals surface area contributed by atoms with E-state index < -0.39 is 0 Å². The van der Waals surface area contributed by atoms with Crippen molar-refractivity contribution >= 4 is 0 Å². The van der Waals surface area contributed by atoms with E-state index in [0.29, 0.717) is 6.04 Å². The molecule has 0 aromatic heterocycles. The Morgan fingerprint density at radius 2 is 2.06 bits per heavy atom. The lowest BCUT2D eigenvalue weighted by atomic mass is 10.1. The fourth-order valence-corrected chi connectivity index (χ4v) is 2.45. The molecule has 0 aliphatic carbocycles.